The molecule has 7 heteroatoms. The maximum atomic E-state index is 11.0. The average molecular weight is 195 g/mol. The maximum Gasteiger partial charge on any atom is 0.507 e. The first-order chi connectivity index (χ1) is 5.59. The van der Waals surface area contributed by atoms with E-state index < -0.39 is 28.8 Å². The summed E-state index contributed by atoms with van der Waals surface area (Å²) in [5.41, 5.74) is -0.432. The maximum absolute atomic E-state index is 11.0. The van der Waals surface area contributed by atoms with Crippen LogP contribution in [-0.2, 0) is 20.5 Å². The molecule has 1 aliphatic heterocycles. The Morgan fingerprint density at radius 3 is 3.00 bits per heavy atom. The Kier molecular flexibility index (Phi) is 3.01. The van der Waals surface area contributed by atoms with Crippen molar-refractivity contribution in [3.05, 3.63) is 0 Å². The van der Waals surface area contributed by atoms with Gasteiger partial charge in [-0.1, -0.05) is 0 Å². The molecule has 3 unspecified atom stereocenters. The van der Waals surface area contributed by atoms with Gasteiger partial charge in [0.25, 0.3) is 0 Å². The molecule has 0 spiro atoms. The monoisotopic (exact) mass is 195 g/mol. The Hall–Kier alpha value is -0.660. The van der Waals surface area contributed by atoms with Crippen molar-refractivity contribution in [3.8, 4) is 0 Å². The summed E-state index contributed by atoms with van der Waals surface area (Å²) in [6.45, 7) is 1.71. The van der Waals surface area contributed by atoms with Gasteiger partial charge in [0.05, 0.1) is 0 Å². The fourth-order valence-electron chi connectivity index (χ4n) is 0.724. The highest BCUT2D eigenvalue weighted by atomic mass is 32.2. The number of carboxylic acid groups (broad SMARTS) is 1. The lowest BCUT2D eigenvalue weighted by Crippen LogP contribution is -2.47. The Morgan fingerprint density at radius 2 is 2.50 bits per heavy atom. The minimum Gasteiger partial charge on any atom is -0.450 e. The molecule has 1 rings (SSSR count). The molecule has 0 aromatic heterocycles. The first kappa shape index (κ1) is 9.43. The van der Waals surface area contributed by atoms with Crippen LogP contribution in [0.1, 0.15) is 6.92 Å². The predicted molar refractivity (Wildman–Crippen MR) is 39.6 cm³/mol. The van der Waals surface area contributed by atoms with Crippen molar-refractivity contribution in [1.82, 2.24) is 4.72 Å². The molecule has 1 fully saturated rings. The van der Waals surface area contributed by atoms with Gasteiger partial charge < -0.3 is 14.6 Å². The number of ether oxygens (including phenoxy) is 2. The van der Waals surface area contributed by atoms with Gasteiger partial charge in [-0.25, -0.2) is 9.00 Å². The van der Waals surface area contributed by atoms with E-state index in [-0.39, 0.29) is 6.61 Å². The van der Waals surface area contributed by atoms with E-state index in [1.807, 2.05) is 0 Å². The van der Waals surface area contributed by atoms with Crippen LogP contribution in [0.15, 0.2) is 0 Å². The predicted octanol–water partition coefficient (Wildman–Crippen LogP) is -0.363. The van der Waals surface area contributed by atoms with Gasteiger partial charge in [-0.3, -0.25) is 0 Å². The molecule has 12 heavy (non-hydrogen) atoms. The van der Waals surface area contributed by atoms with Gasteiger partial charge in [0.15, 0.2) is 6.23 Å². The van der Waals surface area contributed by atoms with E-state index in [9.17, 15) is 9.00 Å². The first-order valence-corrected chi connectivity index (χ1v) is 4.49. The van der Waals surface area contributed by atoms with Crippen LogP contribution in [0.4, 0.5) is 4.79 Å². The van der Waals surface area contributed by atoms with Crippen molar-refractivity contribution in [2.75, 3.05) is 6.61 Å². The Bertz CT molecular complexity index is 208. The van der Waals surface area contributed by atoms with Crippen molar-refractivity contribution in [2.24, 2.45) is 0 Å². The third-order valence-electron chi connectivity index (χ3n) is 1.27. The fraction of sp³-hybridized carbons (Fsp3) is 0.800. The number of hydrogen-bond acceptors (Lipinski definition) is 4. The van der Waals surface area contributed by atoms with Crippen LogP contribution in [0.5, 0.6) is 0 Å². The summed E-state index contributed by atoms with van der Waals surface area (Å²) in [7, 11) is -1.39. The number of carbonyl (C=O) groups is 1. The third kappa shape index (κ3) is 2.43. The quantitative estimate of drug-likeness (QED) is 0.558. The molecule has 0 amide bonds. The lowest BCUT2D eigenvalue weighted by Gasteiger charge is -2.25. The molecule has 0 aliphatic carbocycles. The van der Waals surface area contributed by atoms with E-state index in [1.54, 1.807) is 6.92 Å². The molecule has 6 nitrogen and oxygen atoms in total. The minimum absolute atomic E-state index is 0.0825. The highest BCUT2D eigenvalue weighted by Gasteiger charge is 2.26. The van der Waals surface area contributed by atoms with Gasteiger partial charge in [-0.05, 0) is 6.92 Å². The Morgan fingerprint density at radius 1 is 1.83 bits per heavy atom. The van der Waals surface area contributed by atoms with Crippen molar-refractivity contribution < 1.29 is 23.6 Å². The van der Waals surface area contributed by atoms with E-state index in [1.165, 1.54) is 0 Å². The van der Waals surface area contributed by atoms with E-state index in [0.29, 0.717) is 0 Å². The molecule has 1 aliphatic rings. The van der Waals surface area contributed by atoms with E-state index >= 15 is 0 Å². The van der Waals surface area contributed by atoms with Crippen LogP contribution in [0.2, 0.25) is 0 Å². The first-order valence-electron chi connectivity index (χ1n) is 3.27. The molecule has 0 radical (unpaired) electrons. The van der Waals surface area contributed by atoms with Gasteiger partial charge in [0, 0.05) is 0 Å². The largest absolute Gasteiger partial charge is 0.507 e. The fourth-order valence-corrected chi connectivity index (χ4v) is 1.49. The summed E-state index contributed by atoms with van der Waals surface area (Å²) >= 11 is 0. The number of hydrogen-bond donors (Lipinski definition) is 2. The summed E-state index contributed by atoms with van der Waals surface area (Å²) in [4.78, 5) is 10.0. The molecule has 1 saturated heterocycles. The lowest BCUT2D eigenvalue weighted by molar-refractivity contribution is -0.0214. The SMILES string of the molecule is CC1OCC(OC(=O)O)NS1=O. The average Bonchev–Trinajstić information content (AvgIpc) is 1.96. The lowest BCUT2D eigenvalue weighted by atomic mass is 10.6. The van der Waals surface area contributed by atoms with Crippen LogP contribution in [-0.4, -0.2) is 33.7 Å². The summed E-state index contributed by atoms with van der Waals surface area (Å²) in [5, 5.41) is 8.20. The summed E-state index contributed by atoms with van der Waals surface area (Å²) in [5.74, 6) is 0. The van der Waals surface area contributed by atoms with Gasteiger partial charge >= 0.3 is 6.16 Å². The summed E-state index contributed by atoms with van der Waals surface area (Å²) in [6, 6.07) is 0. The van der Waals surface area contributed by atoms with Crippen molar-refractivity contribution >= 4 is 17.1 Å². The molecule has 1 heterocycles. The second-order valence-electron chi connectivity index (χ2n) is 2.19. The molecule has 0 aromatic carbocycles. The number of rotatable bonds is 1. The Labute approximate surface area is 71.4 Å². The molecule has 3 atom stereocenters. The molecule has 0 saturated carbocycles. The zero-order valence-corrected chi connectivity index (χ0v) is 7.17. The molecular formula is C5H9NO5S. The second-order valence-corrected chi connectivity index (χ2v) is 3.68. The van der Waals surface area contributed by atoms with Crippen LogP contribution in [0.3, 0.4) is 0 Å². The van der Waals surface area contributed by atoms with Crippen molar-refractivity contribution in [1.29, 1.82) is 0 Å². The van der Waals surface area contributed by atoms with Crippen LogP contribution >= 0.6 is 0 Å². The highest BCUT2D eigenvalue weighted by molar-refractivity contribution is 7.83. The van der Waals surface area contributed by atoms with Gasteiger partial charge in [-0.2, -0.15) is 4.72 Å². The van der Waals surface area contributed by atoms with Crippen molar-refractivity contribution in [2.45, 2.75) is 18.6 Å². The van der Waals surface area contributed by atoms with Crippen LogP contribution < -0.4 is 4.72 Å². The summed E-state index contributed by atoms with van der Waals surface area (Å²) < 4.78 is 22.7. The van der Waals surface area contributed by atoms with Crippen molar-refractivity contribution in [3.63, 3.8) is 0 Å². The zero-order chi connectivity index (χ0) is 9.14. The topological polar surface area (TPSA) is 84.9 Å². The molecule has 0 aromatic rings. The highest BCUT2D eigenvalue weighted by Crippen LogP contribution is 2.06. The van der Waals surface area contributed by atoms with Gasteiger partial charge in [0.2, 0.25) is 0 Å². The normalized spacial score (nSPS) is 35.9. The molecular weight excluding hydrogens is 186 g/mol. The smallest absolute Gasteiger partial charge is 0.450 e. The minimum atomic E-state index is -1.41. The second kappa shape index (κ2) is 3.83. The Balaban J connectivity index is 2.40. The summed E-state index contributed by atoms with van der Waals surface area (Å²) in [6.07, 6.45) is -2.25. The van der Waals surface area contributed by atoms with Crippen LogP contribution in [0.25, 0.3) is 0 Å². The number of nitrogens with one attached hydrogen (secondary N) is 1. The van der Waals surface area contributed by atoms with Gasteiger partial charge in [0.1, 0.15) is 23.0 Å². The third-order valence-corrected chi connectivity index (χ3v) is 2.51. The molecule has 2 N–H and O–H groups in total. The molecule has 70 valence electrons. The van der Waals surface area contributed by atoms with E-state index in [2.05, 4.69) is 9.46 Å². The molecule has 0 bridgehead atoms. The van der Waals surface area contributed by atoms with E-state index in [0.717, 1.165) is 0 Å². The van der Waals surface area contributed by atoms with Gasteiger partial charge in [-0.15, -0.1) is 0 Å². The zero-order valence-electron chi connectivity index (χ0n) is 6.35. The van der Waals surface area contributed by atoms with E-state index in [4.69, 9.17) is 9.84 Å². The van der Waals surface area contributed by atoms with Crippen LogP contribution in [0, 0.1) is 0 Å². The standard InChI is InChI=1S/C5H9NO5S/c1-3-10-2-4(6-12(3)9)11-5(7)8/h3-4,6H,2H2,1H3,(H,7,8).